The van der Waals surface area contributed by atoms with E-state index in [-0.39, 0.29) is 0 Å². The average Bonchev–Trinajstić information content (AvgIpc) is 2.40. The molecule has 3 heteroatoms. The second-order valence-electron chi connectivity index (χ2n) is 5.20. The molecule has 0 amide bonds. The van der Waals surface area contributed by atoms with Crippen molar-refractivity contribution in [2.75, 3.05) is 25.4 Å². The number of hydrogen-bond acceptors (Lipinski definition) is 3. The van der Waals surface area contributed by atoms with E-state index < -0.39 is 0 Å². The van der Waals surface area contributed by atoms with Gasteiger partial charge in [-0.05, 0) is 50.9 Å². The molecule has 1 unspecified atom stereocenters. The summed E-state index contributed by atoms with van der Waals surface area (Å²) in [4.78, 5) is 3.96. The zero-order chi connectivity index (χ0) is 12.8. The van der Waals surface area contributed by atoms with Gasteiger partial charge in [-0.15, -0.1) is 11.8 Å². The molecule has 0 radical (unpaired) electrons. The van der Waals surface area contributed by atoms with E-state index in [2.05, 4.69) is 42.2 Å². The van der Waals surface area contributed by atoms with E-state index in [1.807, 2.05) is 11.8 Å². The monoisotopic (exact) mass is 264 g/mol. The van der Waals surface area contributed by atoms with E-state index in [4.69, 9.17) is 5.73 Å². The number of rotatable bonds is 5. The maximum atomic E-state index is 5.97. The van der Waals surface area contributed by atoms with Crippen LogP contribution in [0.3, 0.4) is 0 Å². The Kier molecular flexibility index (Phi) is 5.54. The minimum absolute atomic E-state index is 0.367. The number of likely N-dealkylation sites (tertiary alicyclic amines) is 1. The normalized spacial score (nSPS) is 19.9. The zero-order valence-electron chi connectivity index (χ0n) is 11.2. The van der Waals surface area contributed by atoms with E-state index in [1.165, 1.54) is 43.1 Å². The van der Waals surface area contributed by atoms with E-state index in [0.717, 1.165) is 5.92 Å². The molecule has 1 saturated heterocycles. The fourth-order valence-corrected chi connectivity index (χ4v) is 3.45. The molecule has 18 heavy (non-hydrogen) atoms. The van der Waals surface area contributed by atoms with Gasteiger partial charge in [-0.25, -0.2) is 0 Å². The highest BCUT2D eigenvalue weighted by Gasteiger charge is 2.21. The van der Waals surface area contributed by atoms with E-state index >= 15 is 0 Å². The lowest BCUT2D eigenvalue weighted by atomic mass is 9.91. The van der Waals surface area contributed by atoms with Crippen molar-refractivity contribution in [3.8, 4) is 0 Å². The molecule has 2 nitrogen and oxygen atoms in total. The Labute approximate surface area is 115 Å². The lowest BCUT2D eigenvalue weighted by Crippen LogP contribution is -2.40. The first kappa shape index (κ1) is 13.9. The first-order valence-corrected chi connectivity index (χ1v) is 7.90. The van der Waals surface area contributed by atoms with E-state index in [0.29, 0.717) is 6.04 Å². The summed E-state index contributed by atoms with van der Waals surface area (Å²) in [6.45, 7) is 5.79. The predicted molar refractivity (Wildman–Crippen MR) is 80.0 cm³/mol. The van der Waals surface area contributed by atoms with Gasteiger partial charge >= 0.3 is 0 Å². The molecule has 100 valence electrons. The number of nitrogens with zero attached hydrogens (tertiary/aromatic N) is 1. The molecule has 0 spiro atoms. The van der Waals surface area contributed by atoms with Crippen LogP contribution in [0.15, 0.2) is 35.2 Å². The average molecular weight is 264 g/mol. The Hall–Kier alpha value is -0.510. The maximum Gasteiger partial charge on any atom is 0.0108 e. The largest absolute Gasteiger partial charge is 0.328 e. The lowest BCUT2D eigenvalue weighted by molar-refractivity contribution is 0.181. The van der Waals surface area contributed by atoms with Crippen molar-refractivity contribution >= 4 is 11.8 Å². The van der Waals surface area contributed by atoms with Gasteiger partial charge < -0.3 is 10.6 Å². The third-order valence-electron chi connectivity index (χ3n) is 3.80. The van der Waals surface area contributed by atoms with Crippen LogP contribution in [-0.4, -0.2) is 36.3 Å². The van der Waals surface area contributed by atoms with Crippen LogP contribution in [0, 0.1) is 5.92 Å². The van der Waals surface area contributed by atoms with Crippen molar-refractivity contribution in [1.29, 1.82) is 0 Å². The van der Waals surface area contributed by atoms with Crippen molar-refractivity contribution in [1.82, 2.24) is 4.90 Å². The summed E-state index contributed by atoms with van der Waals surface area (Å²) < 4.78 is 0. The van der Waals surface area contributed by atoms with Gasteiger partial charge in [0, 0.05) is 23.2 Å². The molecular formula is C15H24N2S. The summed E-state index contributed by atoms with van der Waals surface area (Å²) in [7, 11) is 0. The van der Waals surface area contributed by atoms with Crippen LogP contribution < -0.4 is 5.73 Å². The number of piperidine rings is 1. The maximum absolute atomic E-state index is 5.97. The number of benzene rings is 1. The van der Waals surface area contributed by atoms with Gasteiger partial charge in [0.2, 0.25) is 0 Å². The SMILES string of the molecule is CC(N)C1CCN(CCSc2ccccc2)CC1. The molecule has 1 heterocycles. The lowest BCUT2D eigenvalue weighted by Gasteiger charge is -2.33. The van der Waals surface area contributed by atoms with Crippen LogP contribution in [0.2, 0.25) is 0 Å². The van der Waals surface area contributed by atoms with Crippen molar-refractivity contribution in [3.63, 3.8) is 0 Å². The van der Waals surface area contributed by atoms with Crippen LogP contribution in [0.25, 0.3) is 0 Å². The number of hydrogen-bond donors (Lipinski definition) is 1. The zero-order valence-corrected chi connectivity index (χ0v) is 12.0. The summed E-state index contributed by atoms with van der Waals surface area (Å²) >= 11 is 1.95. The first-order valence-electron chi connectivity index (χ1n) is 6.91. The Bertz CT molecular complexity index is 332. The summed E-state index contributed by atoms with van der Waals surface area (Å²) in [5.41, 5.74) is 5.97. The third kappa shape index (κ3) is 4.30. The molecule has 0 saturated carbocycles. The third-order valence-corrected chi connectivity index (χ3v) is 4.79. The van der Waals surface area contributed by atoms with Gasteiger partial charge in [-0.2, -0.15) is 0 Å². The van der Waals surface area contributed by atoms with Crippen LogP contribution in [0.4, 0.5) is 0 Å². The minimum atomic E-state index is 0.367. The van der Waals surface area contributed by atoms with Gasteiger partial charge in [-0.1, -0.05) is 18.2 Å². The topological polar surface area (TPSA) is 29.3 Å². The van der Waals surface area contributed by atoms with E-state index in [1.54, 1.807) is 0 Å². The quantitative estimate of drug-likeness (QED) is 0.829. The van der Waals surface area contributed by atoms with Crippen LogP contribution >= 0.6 is 11.8 Å². The van der Waals surface area contributed by atoms with Crippen LogP contribution in [0.5, 0.6) is 0 Å². The second kappa shape index (κ2) is 7.17. The molecule has 1 aliphatic heterocycles. The molecule has 1 aliphatic rings. The molecule has 0 aliphatic carbocycles. The molecule has 2 N–H and O–H groups in total. The van der Waals surface area contributed by atoms with Gasteiger partial charge in [0.15, 0.2) is 0 Å². The summed E-state index contributed by atoms with van der Waals surface area (Å²) in [6.07, 6.45) is 2.54. The highest BCUT2D eigenvalue weighted by Crippen LogP contribution is 2.21. The van der Waals surface area contributed by atoms with Gasteiger partial charge in [0.25, 0.3) is 0 Å². The Morgan fingerprint density at radius 1 is 1.28 bits per heavy atom. The van der Waals surface area contributed by atoms with Crippen molar-refractivity contribution in [3.05, 3.63) is 30.3 Å². The Balaban J connectivity index is 1.64. The summed E-state index contributed by atoms with van der Waals surface area (Å²) in [5.74, 6) is 1.93. The molecule has 1 aromatic rings. The van der Waals surface area contributed by atoms with Gasteiger partial charge in [0.1, 0.15) is 0 Å². The van der Waals surface area contributed by atoms with Crippen LogP contribution in [-0.2, 0) is 0 Å². The highest BCUT2D eigenvalue weighted by atomic mass is 32.2. The molecule has 1 fully saturated rings. The Morgan fingerprint density at radius 3 is 2.56 bits per heavy atom. The summed E-state index contributed by atoms with van der Waals surface area (Å²) in [5, 5.41) is 0. The molecule has 0 bridgehead atoms. The molecule has 2 rings (SSSR count). The minimum Gasteiger partial charge on any atom is -0.328 e. The number of thioether (sulfide) groups is 1. The highest BCUT2D eigenvalue weighted by molar-refractivity contribution is 7.99. The van der Waals surface area contributed by atoms with Crippen molar-refractivity contribution < 1.29 is 0 Å². The molecular weight excluding hydrogens is 240 g/mol. The predicted octanol–water partition coefficient (Wildman–Crippen LogP) is 2.84. The van der Waals surface area contributed by atoms with Gasteiger partial charge in [0.05, 0.1) is 0 Å². The molecule has 1 aromatic carbocycles. The van der Waals surface area contributed by atoms with E-state index in [9.17, 15) is 0 Å². The van der Waals surface area contributed by atoms with Gasteiger partial charge in [-0.3, -0.25) is 0 Å². The van der Waals surface area contributed by atoms with Crippen molar-refractivity contribution in [2.24, 2.45) is 11.7 Å². The second-order valence-corrected chi connectivity index (χ2v) is 6.37. The molecule has 1 atom stereocenters. The first-order chi connectivity index (χ1) is 8.75. The smallest absolute Gasteiger partial charge is 0.0108 e. The molecule has 0 aromatic heterocycles. The fraction of sp³-hybridized carbons (Fsp3) is 0.600. The summed E-state index contributed by atoms with van der Waals surface area (Å²) in [6, 6.07) is 11.0. The van der Waals surface area contributed by atoms with Crippen molar-refractivity contribution in [2.45, 2.75) is 30.7 Å². The standard InChI is InChI=1S/C15H24N2S/c1-13(16)14-7-9-17(10-8-14)11-12-18-15-5-3-2-4-6-15/h2-6,13-14H,7-12,16H2,1H3. The number of nitrogens with two attached hydrogens (primary N) is 1. The van der Waals surface area contributed by atoms with Crippen LogP contribution in [0.1, 0.15) is 19.8 Å². The Morgan fingerprint density at radius 2 is 1.94 bits per heavy atom. The fourth-order valence-electron chi connectivity index (χ4n) is 2.51.